The van der Waals surface area contributed by atoms with E-state index < -0.39 is 5.95 Å². The molecule has 96 valence electrons. The van der Waals surface area contributed by atoms with E-state index in [1.807, 2.05) is 4.90 Å². The first-order chi connectivity index (χ1) is 8.70. The third kappa shape index (κ3) is 1.82. The highest BCUT2D eigenvalue weighted by Gasteiger charge is 2.45. The number of hydrogen-bond acceptors (Lipinski definition) is 4. The van der Waals surface area contributed by atoms with Crippen molar-refractivity contribution in [2.24, 2.45) is 0 Å². The lowest BCUT2D eigenvalue weighted by molar-refractivity contribution is 0.0957. The maximum Gasteiger partial charge on any atom is 0.269 e. The summed E-state index contributed by atoms with van der Waals surface area (Å²) in [5.41, 5.74) is 0.609. The summed E-state index contributed by atoms with van der Waals surface area (Å²) in [6, 6.07) is 4.07. The molecule has 1 saturated heterocycles. The minimum absolute atomic E-state index is 0.112. The average molecular weight is 250 g/mol. The van der Waals surface area contributed by atoms with Crippen LogP contribution in [0.4, 0.5) is 10.1 Å². The second-order valence-electron chi connectivity index (χ2n) is 4.64. The molecular formula is C12H15FN4O. The van der Waals surface area contributed by atoms with Crippen LogP contribution in [0.1, 0.15) is 16.9 Å². The van der Waals surface area contributed by atoms with Gasteiger partial charge in [0.25, 0.3) is 5.91 Å². The van der Waals surface area contributed by atoms with Crippen LogP contribution in [0.2, 0.25) is 0 Å². The summed E-state index contributed by atoms with van der Waals surface area (Å²) in [6.45, 7) is 1.64. The van der Waals surface area contributed by atoms with Gasteiger partial charge >= 0.3 is 0 Å². The lowest BCUT2D eigenvalue weighted by Gasteiger charge is -2.29. The lowest BCUT2D eigenvalue weighted by Crippen LogP contribution is -2.44. The first-order valence-electron chi connectivity index (χ1n) is 6.09. The molecule has 2 atom stereocenters. The van der Waals surface area contributed by atoms with Gasteiger partial charge in [0.15, 0.2) is 0 Å². The molecule has 2 aliphatic rings. The van der Waals surface area contributed by atoms with Crippen molar-refractivity contribution in [1.82, 2.24) is 15.6 Å². The molecule has 2 N–H and O–H groups in total. The van der Waals surface area contributed by atoms with E-state index in [2.05, 4.69) is 15.6 Å². The molecule has 3 rings (SSSR count). The van der Waals surface area contributed by atoms with Gasteiger partial charge in [-0.2, -0.15) is 4.39 Å². The van der Waals surface area contributed by atoms with Crippen molar-refractivity contribution in [2.75, 3.05) is 25.0 Å². The lowest BCUT2D eigenvalue weighted by atomic mass is 10.2. The highest BCUT2D eigenvalue weighted by Crippen LogP contribution is 2.35. The van der Waals surface area contributed by atoms with Crippen LogP contribution in [0.15, 0.2) is 12.1 Å². The Labute approximate surface area is 104 Å². The van der Waals surface area contributed by atoms with Crippen molar-refractivity contribution in [3.05, 3.63) is 23.8 Å². The first kappa shape index (κ1) is 11.4. The van der Waals surface area contributed by atoms with Gasteiger partial charge in [0.05, 0.1) is 5.69 Å². The van der Waals surface area contributed by atoms with Crippen LogP contribution in [0.25, 0.3) is 0 Å². The molecule has 1 saturated carbocycles. The number of pyridine rings is 1. The van der Waals surface area contributed by atoms with Gasteiger partial charge in [-0.05, 0) is 18.6 Å². The number of fused-ring (bicyclic) bond motifs is 1. The van der Waals surface area contributed by atoms with Crippen LogP contribution in [-0.4, -0.2) is 43.1 Å². The van der Waals surface area contributed by atoms with Gasteiger partial charge < -0.3 is 15.5 Å². The molecule has 1 amide bonds. The molecule has 6 heteroatoms. The number of rotatable bonds is 2. The van der Waals surface area contributed by atoms with Gasteiger partial charge in [-0.1, -0.05) is 0 Å². The van der Waals surface area contributed by atoms with Crippen LogP contribution in [-0.2, 0) is 0 Å². The fraction of sp³-hybridized carbons (Fsp3) is 0.500. The Morgan fingerprint density at radius 2 is 2.44 bits per heavy atom. The Balaban J connectivity index is 1.86. The van der Waals surface area contributed by atoms with Crippen molar-refractivity contribution in [3.8, 4) is 0 Å². The summed E-state index contributed by atoms with van der Waals surface area (Å²) >= 11 is 0. The zero-order valence-electron chi connectivity index (χ0n) is 10.1. The van der Waals surface area contributed by atoms with E-state index in [1.54, 1.807) is 12.1 Å². The predicted molar refractivity (Wildman–Crippen MR) is 65.1 cm³/mol. The van der Waals surface area contributed by atoms with Crippen molar-refractivity contribution in [3.63, 3.8) is 0 Å². The zero-order chi connectivity index (χ0) is 12.7. The third-order valence-corrected chi connectivity index (χ3v) is 3.51. The maximum atomic E-state index is 14.0. The van der Waals surface area contributed by atoms with Crippen LogP contribution >= 0.6 is 0 Å². The van der Waals surface area contributed by atoms with E-state index in [1.165, 1.54) is 7.05 Å². The normalized spacial score (nSPS) is 25.6. The first-order valence-corrected chi connectivity index (χ1v) is 6.09. The molecule has 1 aliphatic carbocycles. The molecule has 1 aromatic heterocycles. The van der Waals surface area contributed by atoms with Crippen molar-refractivity contribution < 1.29 is 9.18 Å². The Hall–Kier alpha value is -1.69. The largest absolute Gasteiger partial charge is 0.362 e. The molecule has 0 bridgehead atoms. The molecule has 18 heavy (non-hydrogen) atoms. The molecule has 2 fully saturated rings. The van der Waals surface area contributed by atoms with Crippen molar-refractivity contribution >= 4 is 11.6 Å². The molecule has 1 aliphatic heterocycles. The fourth-order valence-electron chi connectivity index (χ4n) is 2.48. The van der Waals surface area contributed by atoms with Crippen LogP contribution < -0.4 is 15.5 Å². The van der Waals surface area contributed by atoms with Gasteiger partial charge in [0.1, 0.15) is 5.69 Å². The monoisotopic (exact) mass is 250 g/mol. The molecule has 5 nitrogen and oxygen atoms in total. The fourth-order valence-corrected chi connectivity index (χ4v) is 2.48. The molecule has 0 unspecified atom stereocenters. The van der Waals surface area contributed by atoms with E-state index in [-0.39, 0.29) is 11.6 Å². The van der Waals surface area contributed by atoms with Crippen molar-refractivity contribution in [1.29, 1.82) is 0 Å². The Bertz CT molecular complexity index is 493. The minimum atomic E-state index is -0.566. The van der Waals surface area contributed by atoms with E-state index in [0.29, 0.717) is 17.8 Å². The highest BCUT2D eigenvalue weighted by atomic mass is 19.1. The zero-order valence-corrected chi connectivity index (χ0v) is 10.1. The molecular weight excluding hydrogens is 235 g/mol. The standard InChI is InChI=1S/C12H15FN4O/c1-14-12(18)7-2-3-9(11(13)16-7)17-5-4-15-8-6-10(8)17/h2-3,8,10,15H,4-6H2,1H3,(H,14,18)/t8-,10+/m0/s1. The van der Waals surface area contributed by atoms with E-state index in [0.717, 1.165) is 19.5 Å². The van der Waals surface area contributed by atoms with E-state index in [4.69, 9.17) is 0 Å². The number of nitrogens with one attached hydrogen (secondary N) is 2. The number of aromatic nitrogens is 1. The number of amides is 1. The number of hydrogen-bond donors (Lipinski definition) is 2. The number of carbonyl (C=O) groups excluding carboxylic acids is 1. The van der Waals surface area contributed by atoms with E-state index >= 15 is 0 Å². The summed E-state index contributed by atoms with van der Waals surface area (Å²) in [4.78, 5) is 17.1. The molecule has 0 radical (unpaired) electrons. The van der Waals surface area contributed by atoms with Gasteiger partial charge in [-0.3, -0.25) is 4.79 Å². The third-order valence-electron chi connectivity index (χ3n) is 3.51. The van der Waals surface area contributed by atoms with Gasteiger partial charge in [0, 0.05) is 32.2 Å². The van der Waals surface area contributed by atoms with Gasteiger partial charge in [-0.25, -0.2) is 4.98 Å². The second-order valence-corrected chi connectivity index (χ2v) is 4.64. The minimum Gasteiger partial charge on any atom is -0.362 e. The Kier molecular flexibility index (Phi) is 2.66. The number of anilines is 1. The second kappa shape index (κ2) is 4.20. The molecule has 0 aromatic carbocycles. The topological polar surface area (TPSA) is 57.3 Å². The summed E-state index contributed by atoms with van der Waals surface area (Å²) in [7, 11) is 1.50. The number of nitrogens with zero attached hydrogens (tertiary/aromatic N) is 2. The van der Waals surface area contributed by atoms with Gasteiger partial charge in [0.2, 0.25) is 5.95 Å². The number of halogens is 1. The summed E-state index contributed by atoms with van der Waals surface area (Å²) in [6.07, 6.45) is 1.05. The Morgan fingerprint density at radius 3 is 3.17 bits per heavy atom. The van der Waals surface area contributed by atoms with Crippen LogP contribution in [0, 0.1) is 5.95 Å². The molecule has 2 heterocycles. The molecule has 0 spiro atoms. The smallest absolute Gasteiger partial charge is 0.269 e. The summed E-state index contributed by atoms with van der Waals surface area (Å²) in [5, 5.41) is 5.80. The van der Waals surface area contributed by atoms with Gasteiger partial charge in [-0.15, -0.1) is 0 Å². The highest BCUT2D eigenvalue weighted by molar-refractivity contribution is 5.92. The van der Waals surface area contributed by atoms with Crippen LogP contribution in [0.5, 0.6) is 0 Å². The van der Waals surface area contributed by atoms with Crippen molar-refractivity contribution in [2.45, 2.75) is 18.5 Å². The van der Waals surface area contributed by atoms with Crippen LogP contribution in [0.3, 0.4) is 0 Å². The Morgan fingerprint density at radius 1 is 1.61 bits per heavy atom. The average Bonchev–Trinajstić information content (AvgIpc) is 3.17. The summed E-state index contributed by atoms with van der Waals surface area (Å²) in [5.74, 6) is -0.936. The maximum absolute atomic E-state index is 14.0. The summed E-state index contributed by atoms with van der Waals surface area (Å²) < 4.78 is 14.0. The molecule has 1 aromatic rings. The number of piperazine rings is 1. The SMILES string of the molecule is CNC(=O)c1ccc(N2CCN[C@H]3C[C@H]32)c(F)n1. The number of carbonyl (C=O) groups is 1. The quantitative estimate of drug-likeness (QED) is 0.733. The predicted octanol–water partition coefficient (Wildman–Crippen LogP) is 0.131. The van der Waals surface area contributed by atoms with E-state index in [9.17, 15) is 9.18 Å².